The monoisotopic (exact) mass is 313 g/mol. The van der Waals surface area contributed by atoms with Gasteiger partial charge in [0.15, 0.2) is 5.76 Å². The highest BCUT2D eigenvalue weighted by Crippen LogP contribution is 2.11. The first-order valence-corrected chi connectivity index (χ1v) is 7.53. The third kappa shape index (κ3) is 3.33. The molecule has 0 aliphatic heterocycles. The lowest BCUT2D eigenvalue weighted by Gasteiger charge is -2.04. The zero-order valence-electron chi connectivity index (χ0n) is 13.2. The minimum atomic E-state index is -0.236. The molecule has 0 fully saturated rings. The van der Waals surface area contributed by atoms with E-state index < -0.39 is 0 Å². The third-order valence-corrected chi connectivity index (χ3v) is 3.71. The van der Waals surface area contributed by atoms with Gasteiger partial charge in [0.05, 0.1) is 12.7 Å². The van der Waals surface area contributed by atoms with Gasteiger partial charge < -0.3 is 9.73 Å². The number of carbonyl (C=O) groups is 1. The SMILES string of the molecule is CCn1ncc(CNC(=O)c2ccc(Cn3cccn3)o2)c1C. The molecule has 3 aromatic rings. The minimum absolute atomic E-state index is 0.236. The molecule has 0 bridgehead atoms. The highest BCUT2D eigenvalue weighted by Gasteiger charge is 2.13. The molecule has 23 heavy (non-hydrogen) atoms. The Bertz CT molecular complexity index is 785. The lowest BCUT2D eigenvalue weighted by Crippen LogP contribution is -2.22. The molecule has 0 unspecified atom stereocenters. The summed E-state index contributed by atoms with van der Waals surface area (Å²) >= 11 is 0. The molecule has 0 radical (unpaired) electrons. The van der Waals surface area contributed by atoms with Crippen LogP contribution in [0.2, 0.25) is 0 Å². The van der Waals surface area contributed by atoms with Crippen LogP contribution in [0.15, 0.2) is 41.2 Å². The Morgan fingerprint density at radius 1 is 1.35 bits per heavy atom. The van der Waals surface area contributed by atoms with Gasteiger partial charge in [-0.25, -0.2) is 0 Å². The van der Waals surface area contributed by atoms with Gasteiger partial charge in [-0.1, -0.05) is 0 Å². The Morgan fingerprint density at radius 2 is 2.22 bits per heavy atom. The molecular weight excluding hydrogens is 294 g/mol. The standard InChI is InChI=1S/C16H19N5O2/c1-3-21-12(2)13(10-19-21)9-17-16(22)15-6-5-14(23-15)11-20-8-4-7-18-20/h4-8,10H,3,9,11H2,1-2H3,(H,17,22). The number of rotatable bonds is 6. The van der Waals surface area contributed by atoms with E-state index in [1.165, 1.54) is 0 Å². The maximum Gasteiger partial charge on any atom is 0.287 e. The molecule has 0 saturated carbocycles. The molecule has 3 heterocycles. The van der Waals surface area contributed by atoms with E-state index in [-0.39, 0.29) is 5.91 Å². The summed E-state index contributed by atoms with van der Waals surface area (Å²) in [5.74, 6) is 0.752. The topological polar surface area (TPSA) is 77.9 Å². The van der Waals surface area contributed by atoms with Gasteiger partial charge in [-0.3, -0.25) is 14.2 Å². The van der Waals surface area contributed by atoms with Crippen molar-refractivity contribution in [3.63, 3.8) is 0 Å². The maximum absolute atomic E-state index is 12.2. The second kappa shape index (κ2) is 6.51. The predicted molar refractivity (Wildman–Crippen MR) is 83.8 cm³/mol. The van der Waals surface area contributed by atoms with Crippen molar-refractivity contribution in [2.24, 2.45) is 0 Å². The Labute approximate surface area is 133 Å². The van der Waals surface area contributed by atoms with Crippen LogP contribution in [0.3, 0.4) is 0 Å². The highest BCUT2D eigenvalue weighted by atomic mass is 16.4. The Hall–Kier alpha value is -2.83. The maximum atomic E-state index is 12.2. The summed E-state index contributed by atoms with van der Waals surface area (Å²) in [7, 11) is 0. The van der Waals surface area contributed by atoms with Gasteiger partial charge in [0.1, 0.15) is 5.76 Å². The van der Waals surface area contributed by atoms with E-state index in [9.17, 15) is 4.79 Å². The number of aryl methyl sites for hydroxylation is 1. The zero-order valence-corrected chi connectivity index (χ0v) is 13.2. The molecular formula is C16H19N5O2. The normalized spacial score (nSPS) is 10.9. The van der Waals surface area contributed by atoms with Gasteiger partial charge >= 0.3 is 0 Å². The summed E-state index contributed by atoms with van der Waals surface area (Å²) < 4.78 is 9.21. The van der Waals surface area contributed by atoms with Gasteiger partial charge in [0.25, 0.3) is 5.91 Å². The van der Waals surface area contributed by atoms with Crippen LogP contribution >= 0.6 is 0 Å². The lowest BCUT2D eigenvalue weighted by molar-refractivity contribution is 0.0921. The fourth-order valence-corrected chi connectivity index (χ4v) is 2.38. The number of hydrogen-bond acceptors (Lipinski definition) is 4. The lowest BCUT2D eigenvalue weighted by atomic mass is 10.2. The molecule has 1 amide bonds. The fraction of sp³-hybridized carbons (Fsp3) is 0.312. The van der Waals surface area contributed by atoms with Gasteiger partial charge in [-0.2, -0.15) is 10.2 Å². The zero-order chi connectivity index (χ0) is 16.2. The Kier molecular flexibility index (Phi) is 4.27. The molecule has 0 aromatic carbocycles. The molecule has 120 valence electrons. The smallest absolute Gasteiger partial charge is 0.287 e. The van der Waals surface area contributed by atoms with Crippen molar-refractivity contribution < 1.29 is 9.21 Å². The summed E-state index contributed by atoms with van der Waals surface area (Å²) in [6.45, 7) is 5.77. The van der Waals surface area contributed by atoms with Crippen LogP contribution in [0.25, 0.3) is 0 Å². The molecule has 0 aliphatic rings. The first kappa shape index (κ1) is 15.1. The third-order valence-electron chi connectivity index (χ3n) is 3.71. The molecule has 0 saturated heterocycles. The number of carbonyl (C=O) groups excluding carboxylic acids is 1. The summed E-state index contributed by atoms with van der Waals surface area (Å²) in [4.78, 5) is 12.2. The van der Waals surface area contributed by atoms with Gasteiger partial charge in [0, 0.05) is 36.7 Å². The van der Waals surface area contributed by atoms with Gasteiger partial charge in [0.2, 0.25) is 0 Å². The second-order valence-corrected chi connectivity index (χ2v) is 5.22. The second-order valence-electron chi connectivity index (χ2n) is 5.22. The largest absolute Gasteiger partial charge is 0.454 e. The van der Waals surface area contributed by atoms with Gasteiger partial charge in [-0.15, -0.1) is 0 Å². The molecule has 1 N–H and O–H groups in total. The fourth-order valence-electron chi connectivity index (χ4n) is 2.38. The van der Waals surface area contributed by atoms with Crippen LogP contribution in [-0.2, 0) is 19.6 Å². The number of hydrogen-bond donors (Lipinski definition) is 1. The first-order chi connectivity index (χ1) is 11.2. The van der Waals surface area contributed by atoms with Crippen LogP contribution in [0.5, 0.6) is 0 Å². The van der Waals surface area contributed by atoms with Crippen LogP contribution in [-0.4, -0.2) is 25.5 Å². The molecule has 3 rings (SSSR count). The van der Waals surface area contributed by atoms with E-state index in [2.05, 4.69) is 15.5 Å². The van der Waals surface area contributed by atoms with Crippen molar-refractivity contribution in [2.75, 3.05) is 0 Å². The summed E-state index contributed by atoms with van der Waals surface area (Å²) in [6, 6.07) is 5.31. The predicted octanol–water partition coefficient (Wildman–Crippen LogP) is 1.98. The van der Waals surface area contributed by atoms with E-state index >= 15 is 0 Å². The number of aromatic nitrogens is 4. The summed E-state index contributed by atoms with van der Waals surface area (Å²) in [6.07, 6.45) is 5.33. The molecule has 7 nitrogen and oxygen atoms in total. The van der Waals surface area contributed by atoms with Crippen molar-refractivity contribution >= 4 is 5.91 Å². The van der Waals surface area contributed by atoms with Crippen LogP contribution in [0.1, 0.15) is 34.5 Å². The average molecular weight is 313 g/mol. The van der Waals surface area contributed by atoms with E-state index in [0.717, 1.165) is 17.8 Å². The average Bonchev–Trinajstić information content (AvgIpc) is 3.27. The molecule has 3 aromatic heterocycles. The molecule has 0 atom stereocenters. The molecule has 0 spiro atoms. The quantitative estimate of drug-likeness (QED) is 0.755. The summed E-state index contributed by atoms with van der Waals surface area (Å²) in [5.41, 5.74) is 2.06. The van der Waals surface area contributed by atoms with Crippen molar-refractivity contribution in [2.45, 2.75) is 33.5 Å². The van der Waals surface area contributed by atoms with Crippen molar-refractivity contribution in [1.29, 1.82) is 0 Å². The number of amides is 1. The van der Waals surface area contributed by atoms with Crippen LogP contribution in [0, 0.1) is 6.92 Å². The molecule has 0 aliphatic carbocycles. The van der Waals surface area contributed by atoms with Crippen LogP contribution in [0.4, 0.5) is 0 Å². The van der Waals surface area contributed by atoms with Crippen molar-refractivity contribution in [3.05, 3.63) is 59.6 Å². The van der Waals surface area contributed by atoms with Crippen LogP contribution < -0.4 is 5.32 Å². The van der Waals surface area contributed by atoms with Crippen molar-refractivity contribution in [1.82, 2.24) is 24.9 Å². The Morgan fingerprint density at radius 3 is 2.91 bits per heavy atom. The number of nitrogens with zero attached hydrogens (tertiary/aromatic N) is 4. The number of furan rings is 1. The summed E-state index contributed by atoms with van der Waals surface area (Å²) in [5, 5.41) is 11.2. The first-order valence-electron chi connectivity index (χ1n) is 7.53. The minimum Gasteiger partial charge on any atom is -0.454 e. The van der Waals surface area contributed by atoms with E-state index in [0.29, 0.717) is 24.6 Å². The highest BCUT2D eigenvalue weighted by molar-refractivity contribution is 5.91. The van der Waals surface area contributed by atoms with Gasteiger partial charge in [-0.05, 0) is 32.0 Å². The number of nitrogens with one attached hydrogen (secondary N) is 1. The Balaban J connectivity index is 1.60. The molecule has 7 heteroatoms. The van der Waals surface area contributed by atoms with E-state index in [1.807, 2.05) is 30.8 Å². The van der Waals surface area contributed by atoms with Crippen molar-refractivity contribution in [3.8, 4) is 0 Å². The van der Waals surface area contributed by atoms with E-state index in [1.54, 1.807) is 29.2 Å². The van der Waals surface area contributed by atoms with E-state index in [4.69, 9.17) is 4.42 Å².